The molecule has 0 radical (unpaired) electrons. The summed E-state index contributed by atoms with van der Waals surface area (Å²) in [6.07, 6.45) is 0. The maximum Gasteiger partial charge on any atom is 0.355 e. The number of hydrogen-bond donors (Lipinski definition) is 4. The van der Waals surface area contributed by atoms with Gasteiger partial charge in [0.15, 0.2) is 0 Å². The summed E-state index contributed by atoms with van der Waals surface area (Å²) in [5.74, 6) is -3.20. The van der Waals surface area contributed by atoms with Crippen LogP contribution >= 0.6 is 0 Å². The molecule has 3 unspecified atom stereocenters. The first kappa shape index (κ1) is 58.0. The van der Waals surface area contributed by atoms with Crippen LogP contribution in [0.1, 0.15) is 157 Å². The summed E-state index contributed by atoms with van der Waals surface area (Å²) in [7, 11) is 0. The topological polar surface area (TPSA) is 281 Å². The van der Waals surface area contributed by atoms with E-state index in [1.165, 1.54) is 0 Å². The van der Waals surface area contributed by atoms with E-state index in [1.54, 1.807) is 131 Å². The highest BCUT2D eigenvalue weighted by Crippen LogP contribution is 2.30. The minimum Gasteiger partial charge on any atom is -0.478 e. The molecule has 0 fully saturated rings. The van der Waals surface area contributed by atoms with E-state index in [1.807, 2.05) is 35.1 Å². The Morgan fingerprint density at radius 2 is 0.950 bits per heavy atom. The van der Waals surface area contributed by atoms with Gasteiger partial charge < -0.3 is 58.1 Å². The van der Waals surface area contributed by atoms with Crippen LogP contribution in [-0.4, -0.2) is 118 Å². The molecule has 4 N–H and O–H groups in total. The van der Waals surface area contributed by atoms with Gasteiger partial charge in [-0.15, -0.1) is 0 Å². The molecule has 4 aromatic heterocycles. The number of carbonyl (C=O) groups excluding carboxylic acids is 7. The fraction of sp³-hybridized carbons (Fsp3) is 0.305. The first-order valence-electron chi connectivity index (χ1n) is 26.0. The zero-order valence-electron chi connectivity index (χ0n) is 45.5. The number of esters is 5. The number of rotatable bonds is 12. The van der Waals surface area contributed by atoms with Gasteiger partial charge in [0, 0.05) is 63.3 Å². The van der Waals surface area contributed by atoms with Crippen LogP contribution in [-0.2, 0) is 23.7 Å². The predicted molar refractivity (Wildman–Crippen MR) is 295 cm³/mol. The Hall–Kier alpha value is -9.71. The van der Waals surface area contributed by atoms with E-state index in [0.29, 0.717) is 77.7 Å². The number of carboxylic acid groups (broad SMARTS) is 1. The van der Waals surface area contributed by atoms with E-state index in [0.717, 1.165) is 32.6 Å². The zero-order chi connectivity index (χ0) is 57.9. The summed E-state index contributed by atoms with van der Waals surface area (Å²) >= 11 is 0. The molecule has 3 atom stereocenters. The molecule has 0 spiro atoms. The van der Waals surface area contributed by atoms with E-state index >= 15 is 0 Å². The summed E-state index contributed by atoms with van der Waals surface area (Å²) in [6, 6.07) is 29.2. The molecule has 4 aromatic carbocycles. The van der Waals surface area contributed by atoms with Crippen molar-refractivity contribution in [3.8, 4) is 6.07 Å². The van der Waals surface area contributed by atoms with Crippen LogP contribution in [0.5, 0.6) is 0 Å². The standard InChI is InChI=1S/C17H18N2O4.C15H16N2O3.C14H15NO4.C13H12N2O3/c1-4-22-16(20)13-7-6-12-8-15(17(21)23-5-2)19(11(3)10-18)14(12)9-13;1-3-20-15(19)11-5-4-10-6-13-14(18)16-8-9(2)17(13)12(10)7-11;1-3-18-13(16)10-6-5-9-7-12(14(17)19-4-2)15-11(9)8-10;1-7-6-14-12(16)11-4-8-2-3-9(13(17)18)5-10(8)15(7)11/h6-9,11H,4-5H2,1-3H3;4-7,9H,3,8H2,1-2H3,(H,16,18);5-8,15H,3-4H2,1-2H3;2-5,7H,6H2,1H3,(H,14,16)(H,17,18). The molecule has 21 heteroatoms. The Labute approximate surface area is 459 Å². The van der Waals surface area contributed by atoms with Gasteiger partial charge in [-0.2, -0.15) is 5.26 Å². The quantitative estimate of drug-likeness (QED) is 0.0655. The van der Waals surface area contributed by atoms with Gasteiger partial charge in [-0.05, 0) is 128 Å². The monoisotopic (exact) mass is 1090 g/mol. The fourth-order valence-corrected chi connectivity index (χ4v) is 9.25. The predicted octanol–water partition coefficient (Wildman–Crippen LogP) is 9.37. The normalized spacial score (nSPS) is 14.4. The second-order valence-corrected chi connectivity index (χ2v) is 18.3. The average molecular weight is 1090 g/mol. The molecule has 6 heterocycles. The summed E-state index contributed by atoms with van der Waals surface area (Å²) in [6.45, 7) is 17.1. The third kappa shape index (κ3) is 12.5. The van der Waals surface area contributed by atoms with Crippen molar-refractivity contribution < 1.29 is 67.1 Å². The smallest absolute Gasteiger partial charge is 0.355 e. The average Bonchev–Trinajstić information content (AvgIpc) is 4.39. The van der Waals surface area contributed by atoms with Gasteiger partial charge in [0.05, 0.1) is 66.9 Å². The number of H-pyrrole nitrogens is 1. The number of nitriles is 1. The Morgan fingerprint density at radius 3 is 1.41 bits per heavy atom. The van der Waals surface area contributed by atoms with Gasteiger partial charge >= 0.3 is 35.8 Å². The lowest BCUT2D eigenvalue weighted by molar-refractivity contribution is 0.0506. The van der Waals surface area contributed by atoms with Gasteiger partial charge in [0.2, 0.25) is 0 Å². The number of fused-ring (bicyclic) bond motifs is 8. The summed E-state index contributed by atoms with van der Waals surface area (Å²) in [5, 5.41) is 27.4. The molecule has 8 aromatic rings. The van der Waals surface area contributed by atoms with Crippen LogP contribution in [0, 0.1) is 11.3 Å². The number of nitrogens with zero attached hydrogens (tertiary/aromatic N) is 4. The molecule has 416 valence electrons. The number of nitrogens with one attached hydrogen (secondary N) is 3. The lowest BCUT2D eigenvalue weighted by atomic mass is 10.1. The third-order valence-electron chi connectivity index (χ3n) is 12.9. The maximum atomic E-state index is 12.1. The van der Waals surface area contributed by atoms with E-state index in [-0.39, 0.29) is 60.3 Å². The number of aromatic nitrogens is 4. The van der Waals surface area contributed by atoms with Crippen molar-refractivity contribution in [2.75, 3.05) is 46.1 Å². The number of ether oxygens (including phenoxy) is 5. The Kier molecular flexibility index (Phi) is 18.6. The first-order chi connectivity index (χ1) is 38.4. The van der Waals surface area contributed by atoms with Crippen molar-refractivity contribution in [2.24, 2.45) is 0 Å². The summed E-state index contributed by atoms with van der Waals surface area (Å²) < 4.78 is 30.4. The van der Waals surface area contributed by atoms with E-state index < -0.39 is 29.9 Å². The molecule has 2 aliphatic heterocycles. The Balaban J connectivity index is 0.000000155. The van der Waals surface area contributed by atoms with Gasteiger partial charge in [-0.1, -0.05) is 24.3 Å². The summed E-state index contributed by atoms with van der Waals surface area (Å²) in [4.78, 5) is 96.6. The maximum absolute atomic E-state index is 12.1. The molecule has 21 nitrogen and oxygen atoms in total. The first-order valence-corrected chi connectivity index (χ1v) is 26.0. The molecular formula is C59H61N7O14. The number of carbonyl (C=O) groups is 8. The molecule has 80 heavy (non-hydrogen) atoms. The Morgan fingerprint density at radius 1 is 0.550 bits per heavy atom. The number of carboxylic acids is 1. The SMILES string of the molecule is CC1CNC(=O)c2cc3ccc(C(=O)O)cc3n21.CCOC(=O)c1ccc2cc(C(=O)OCC)[nH]c2c1.CCOC(=O)c1ccc2cc(C(=O)OCC)n(C(C)C#N)c2c1.CCOC(=O)c1ccc2cc3n(c2c1)C(C)CNC3=O. The van der Waals surface area contributed by atoms with Gasteiger partial charge in [0.25, 0.3) is 11.8 Å². The van der Waals surface area contributed by atoms with E-state index in [4.69, 9.17) is 28.8 Å². The second kappa shape index (κ2) is 25.6. The van der Waals surface area contributed by atoms with Crippen molar-refractivity contribution in [2.45, 2.75) is 73.5 Å². The van der Waals surface area contributed by atoms with E-state index in [2.05, 4.69) is 21.7 Å². The molecule has 0 bridgehead atoms. The number of aromatic carboxylic acids is 1. The lowest BCUT2D eigenvalue weighted by Crippen LogP contribution is -2.37. The van der Waals surface area contributed by atoms with Crippen LogP contribution in [0.15, 0.2) is 97.1 Å². The van der Waals surface area contributed by atoms with Crippen LogP contribution in [0.3, 0.4) is 0 Å². The van der Waals surface area contributed by atoms with Crippen LogP contribution in [0.25, 0.3) is 43.6 Å². The van der Waals surface area contributed by atoms with Gasteiger partial charge in [0.1, 0.15) is 28.8 Å². The van der Waals surface area contributed by atoms with Crippen molar-refractivity contribution >= 4 is 91.2 Å². The molecule has 0 saturated heterocycles. The van der Waals surface area contributed by atoms with Crippen molar-refractivity contribution in [3.63, 3.8) is 0 Å². The molecule has 10 rings (SSSR count). The van der Waals surface area contributed by atoms with E-state index in [9.17, 15) is 43.6 Å². The molecule has 0 aliphatic carbocycles. The lowest BCUT2D eigenvalue weighted by Gasteiger charge is -2.24. The highest BCUT2D eigenvalue weighted by Gasteiger charge is 2.27. The van der Waals surface area contributed by atoms with Crippen molar-refractivity contribution in [1.82, 2.24) is 29.3 Å². The fourth-order valence-electron chi connectivity index (χ4n) is 9.25. The summed E-state index contributed by atoms with van der Waals surface area (Å²) in [5.41, 5.74) is 6.48. The number of benzene rings is 4. The minimum atomic E-state index is -0.958. The number of amides is 2. The molecule has 2 amide bonds. The van der Waals surface area contributed by atoms with Crippen LogP contribution in [0.4, 0.5) is 0 Å². The van der Waals surface area contributed by atoms with Crippen LogP contribution in [0.2, 0.25) is 0 Å². The van der Waals surface area contributed by atoms with Gasteiger partial charge in [-0.25, -0.2) is 28.8 Å². The largest absolute Gasteiger partial charge is 0.478 e. The third-order valence-corrected chi connectivity index (χ3v) is 12.9. The number of hydrogen-bond acceptors (Lipinski definition) is 14. The van der Waals surface area contributed by atoms with Crippen LogP contribution < -0.4 is 10.6 Å². The van der Waals surface area contributed by atoms with Crippen molar-refractivity contribution in [1.29, 1.82) is 5.26 Å². The highest BCUT2D eigenvalue weighted by atomic mass is 16.5. The minimum absolute atomic E-state index is 0.0722. The zero-order valence-corrected chi connectivity index (χ0v) is 45.5. The number of aromatic amines is 1. The second-order valence-electron chi connectivity index (χ2n) is 18.3. The van der Waals surface area contributed by atoms with Crippen molar-refractivity contribution in [3.05, 3.63) is 142 Å². The highest BCUT2D eigenvalue weighted by molar-refractivity contribution is 6.04. The molecular weight excluding hydrogens is 1030 g/mol. The Bertz CT molecular complexity index is 3730. The molecule has 0 saturated carbocycles. The van der Waals surface area contributed by atoms with Gasteiger partial charge in [-0.3, -0.25) is 9.59 Å². The molecule has 2 aliphatic rings.